The molecule has 1 aromatic carbocycles. The van der Waals surface area contributed by atoms with Gasteiger partial charge in [-0.25, -0.2) is 0 Å². The van der Waals surface area contributed by atoms with E-state index in [2.05, 4.69) is 33.8 Å². The third-order valence-electron chi connectivity index (χ3n) is 2.39. The molecule has 2 nitrogen and oxygen atoms in total. The maximum atomic E-state index is 5.56. The summed E-state index contributed by atoms with van der Waals surface area (Å²) in [6.07, 6.45) is 1.06. The van der Waals surface area contributed by atoms with Crippen LogP contribution in [-0.4, -0.2) is 27.7 Å². The maximum Gasteiger partial charge on any atom is 0.119 e. The summed E-state index contributed by atoms with van der Waals surface area (Å²) in [6.45, 7) is 6.49. The van der Waals surface area contributed by atoms with E-state index in [1.807, 2.05) is 12.1 Å². The predicted octanol–water partition coefficient (Wildman–Crippen LogP) is 2.26. The zero-order valence-electron chi connectivity index (χ0n) is 10.5. The quantitative estimate of drug-likeness (QED) is 0.518. The van der Waals surface area contributed by atoms with Crippen molar-refractivity contribution in [1.29, 1.82) is 0 Å². The van der Waals surface area contributed by atoms with Gasteiger partial charge in [-0.1, -0.05) is 32.3 Å². The molecule has 0 atom stereocenters. The molecule has 0 heterocycles. The van der Waals surface area contributed by atoms with E-state index in [9.17, 15) is 0 Å². The van der Waals surface area contributed by atoms with Crippen molar-refractivity contribution in [3.8, 4) is 5.75 Å². The van der Waals surface area contributed by atoms with Gasteiger partial charge in [-0.3, -0.25) is 0 Å². The molecular weight excluding hydrogens is 199 g/mol. The van der Waals surface area contributed by atoms with E-state index in [4.69, 9.17) is 9.47 Å². The second kappa shape index (κ2) is 7.34. The van der Waals surface area contributed by atoms with Crippen molar-refractivity contribution >= 4 is 7.85 Å². The van der Waals surface area contributed by atoms with Crippen LogP contribution in [0.15, 0.2) is 24.3 Å². The van der Waals surface area contributed by atoms with Crippen molar-refractivity contribution in [3.63, 3.8) is 0 Å². The molecule has 0 aliphatic heterocycles. The normalized spacial score (nSPS) is 10.7. The number of ether oxygens (including phenoxy) is 2. The monoisotopic (exact) mass is 220 g/mol. The van der Waals surface area contributed by atoms with Crippen LogP contribution in [0.1, 0.15) is 25.3 Å². The lowest BCUT2D eigenvalue weighted by Gasteiger charge is -2.09. The van der Waals surface area contributed by atoms with Gasteiger partial charge in [-0.2, -0.15) is 0 Å². The standard InChI is InChI=1S/C13H21BO2/c1-11(2)12-3-5-13(6-4-12)16-10-9-15-8-7-14/h3-6,11H,7-10,14H2,1-2H3. The second-order valence-electron chi connectivity index (χ2n) is 4.18. The molecule has 0 spiro atoms. The van der Waals surface area contributed by atoms with Gasteiger partial charge >= 0.3 is 0 Å². The molecule has 0 unspecified atom stereocenters. The molecule has 0 aliphatic carbocycles. The fourth-order valence-corrected chi connectivity index (χ4v) is 1.41. The summed E-state index contributed by atoms with van der Waals surface area (Å²) in [5.74, 6) is 1.49. The summed E-state index contributed by atoms with van der Waals surface area (Å²) in [6, 6.07) is 8.28. The first kappa shape index (κ1) is 13.1. The minimum Gasteiger partial charge on any atom is -0.491 e. The predicted molar refractivity (Wildman–Crippen MR) is 70.2 cm³/mol. The Kier molecular flexibility index (Phi) is 6.01. The van der Waals surface area contributed by atoms with Crippen LogP contribution in [0.3, 0.4) is 0 Å². The van der Waals surface area contributed by atoms with Gasteiger partial charge in [0.1, 0.15) is 20.2 Å². The zero-order valence-corrected chi connectivity index (χ0v) is 10.5. The molecular formula is C13H21BO2. The fraction of sp³-hybridized carbons (Fsp3) is 0.538. The summed E-state index contributed by atoms with van der Waals surface area (Å²) < 4.78 is 10.9. The van der Waals surface area contributed by atoms with Crippen LogP contribution in [0.25, 0.3) is 0 Å². The van der Waals surface area contributed by atoms with Crippen molar-refractivity contribution in [2.45, 2.75) is 26.1 Å². The first-order valence-corrected chi connectivity index (χ1v) is 6.04. The van der Waals surface area contributed by atoms with E-state index in [-0.39, 0.29) is 0 Å². The van der Waals surface area contributed by atoms with Crippen molar-refractivity contribution in [3.05, 3.63) is 29.8 Å². The van der Waals surface area contributed by atoms with Gasteiger partial charge in [-0.05, 0) is 23.6 Å². The zero-order chi connectivity index (χ0) is 11.8. The van der Waals surface area contributed by atoms with Gasteiger partial charge in [0, 0.05) is 6.61 Å². The Hall–Kier alpha value is -0.955. The van der Waals surface area contributed by atoms with E-state index < -0.39 is 0 Å². The molecule has 1 rings (SSSR count). The lowest BCUT2D eigenvalue weighted by Crippen LogP contribution is -2.07. The van der Waals surface area contributed by atoms with Crippen LogP contribution in [0.5, 0.6) is 5.75 Å². The van der Waals surface area contributed by atoms with Crippen LogP contribution in [0.2, 0.25) is 6.32 Å². The molecule has 0 aromatic heterocycles. The minimum absolute atomic E-state index is 0.571. The van der Waals surface area contributed by atoms with Crippen LogP contribution in [-0.2, 0) is 4.74 Å². The maximum absolute atomic E-state index is 5.56. The van der Waals surface area contributed by atoms with E-state index in [0.717, 1.165) is 18.7 Å². The second-order valence-corrected chi connectivity index (χ2v) is 4.18. The Morgan fingerprint density at radius 2 is 1.75 bits per heavy atom. The van der Waals surface area contributed by atoms with Gasteiger partial charge < -0.3 is 9.47 Å². The van der Waals surface area contributed by atoms with E-state index in [1.54, 1.807) is 0 Å². The number of benzene rings is 1. The summed E-state index contributed by atoms with van der Waals surface area (Å²) in [7, 11) is 2.10. The summed E-state index contributed by atoms with van der Waals surface area (Å²) in [5, 5.41) is 0. The number of hydrogen-bond donors (Lipinski definition) is 0. The van der Waals surface area contributed by atoms with Crippen molar-refractivity contribution in [2.75, 3.05) is 19.8 Å². The molecule has 0 fully saturated rings. The average Bonchev–Trinajstić information content (AvgIpc) is 2.29. The Balaban J connectivity index is 2.27. The highest BCUT2D eigenvalue weighted by molar-refractivity contribution is 6.08. The molecule has 88 valence electrons. The summed E-state index contributed by atoms with van der Waals surface area (Å²) in [5.41, 5.74) is 1.34. The molecule has 0 saturated heterocycles. The largest absolute Gasteiger partial charge is 0.491 e. The lowest BCUT2D eigenvalue weighted by molar-refractivity contribution is 0.110. The lowest BCUT2D eigenvalue weighted by atomic mass is 10.0. The third kappa shape index (κ3) is 4.71. The first-order valence-electron chi connectivity index (χ1n) is 6.04. The van der Waals surface area contributed by atoms with Crippen molar-refractivity contribution < 1.29 is 9.47 Å². The first-order chi connectivity index (χ1) is 7.74. The molecule has 1 aromatic rings. The summed E-state index contributed by atoms with van der Waals surface area (Å²) >= 11 is 0. The molecule has 0 bridgehead atoms. The molecule has 0 saturated carbocycles. The van der Waals surface area contributed by atoms with Gasteiger partial charge in [0.15, 0.2) is 0 Å². The molecule has 0 N–H and O–H groups in total. The van der Waals surface area contributed by atoms with Gasteiger partial charge in [0.05, 0.1) is 6.61 Å². The molecule has 3 heteroatoms. The Bertz CT molecular complexity index is 282. The smallest absolute Gasteiger partial charge is 0.119 e. The summed E-state index contributed by atoms with van der Waals surface area (Å²) in [4.78, 5) is 0. The van der Waals surface area contributed by atoms with Crippen molar-refractivity contribution in [1.82, 2.24) is 0 Å². The molecule has 0 radical (unpaired) electrons. The number of hydrogen-bond acceptors (Lipinski definition) is 2. The van der Waals surface area contributed by atoms with Crippen molar-refractivity contribution in [2.24, 2.45) is 0 Å². The Labute approximate surface area is 99.4 Å². The highest BCUT2D eigenvalue weighted by Crippen LogP contribution is 2.18. The Morgan fingerprint density at radius 1 is 1.06 bits per heavy atom. The molecule has 16 heavy (non-hydrogen) atoms. The number of rotatable bonds is 7. The highest BCUT2D eigenvalue weighted by Gasteiger charge is 1.99. The SMILES string of the molecule is BCCOCCOc1ccc(C(C)C)cc1. The van der Waals surface area contributed by atoms with E-state index in [0.29, 0.717) is 19.1 Å². The third-order valence-corrected chi connectivity index (χ3v) is 2.39. The highest BCUT2D eigenvalue weighted by atomic mass is 16.5. The average molecular weight is 220 g/mol. The van der Waals surface area contributed by atoms with Gasteiger partial charge in [0.2, 0.25) is 0 Å². The minimum atomic E-state index is 0.571. The van der Waals surface area contributed by atoms with E-state index >= 15 is 0 Å². The van der Waals surface area contributed by atoms with Crippen LogP contribution in [0, 0.1) is 0 Å². The van der Waals surface area contributed by atoms with E-state index in [1.165, 1.54) is 5.56 Å². The topological polar surface area (TPSA) is 18.5 Å². The van der Waals surface area contributed by atoms with Crippen LogP contribution in [0.4, 0.5) is 0 Å². The van der Waals surface area contributed by atoms with Gasteiger partial charge in [0.25, 0.3) is 0 Å². The fourth-order valence-electron chi connectivity index (χ4n) is 1.41. The van der Waals surface area contributed by atoms with Gasteiger partial charge in [-0.15, -0.1) is 0 Å². The van der Waals surface area contributed by atoms with Crippen LogP contribution < -0.4 is 4.74 Å². The molecule has 0 amide bonds. The molecule has 0 aliphatic rings. The van der Waals surface area contributed by atoms with Crippen LogP contribution >= 0.6 is 0 Å². The Morgan fingerprint density at radius 3 is 2.31 bits per heavy atom.